The number of nitrogens with one attached hydrogen (secondary N) is 2. The molecule has 3 amide bonds. The van der Waals surface area contributed by atoms with Gasteiger partial charge in [-0.3, -0.25) is 4.79 Å². The first kappa shape index (κ1) is 18.8. The van der Waals surface area contributed by atoms with Gasteiger partial charge in [0.15, 0.2) is 0 Å². The predicted molar refractivity (Wildman–Crippen MR) is 107 cm³/mol. The van der Waals surface area contributed by atoms with Crippen LogP contribution in [0.4, 0.5) is 19.3 Å². The first-order valence-corrected chi connectivity index (χ1v) is 10.3. The molecule has 1 aliphatic carbocycles. The summed E-state index contributed by atoms with van der Waals surface area (Å²) >= 11 is 9.61. The average molecular weight is 483 g/mol. The van der Waals surface area contributed by atoms with Crippen LogP contribution in [-0.4, -0.2) is 35.6 Å². The smallest absolute Gasteiger partial charge is 0.321 e. The van der Waals surface area contributed by atoms with Crippen molar-refractivity contribution in [2.45, 2.75) is 18.1 Å². The molecule has 5 nitrogen and oxygen atoms in total. The Morgan fingerprint density at radius 2 is 2.14 bits per heavy atom. The number of likely N-dealkylation sites (tertiary alicyclic amines) is 1. The van der Waals surface area contributed by atoms with Crippen LogP contribution < -0.4 is 10.6 Å². The number of anilines is 1. The minimum Gasteiger partial charge on any atom is -0.341 e. The molecule has 3 aliphatic rings. The Morgan fingerprint density at radius 1 is 1.34 bits per heavy atom. The molecule has 2 heterocycles. The van der Waals surface area contributed by atoms with E-state index in [-0.39, 0.29) is 18.4 Å². The van der Waals surface area contributed by atoms with Crippen molar-refractivity contribution < 1.29 is 18.4 Å². The molecule has 2 aromatic carbocycles. The van der Waals surface area contributed by atoms with Crippen LogP contribution in [-0.2, 0) is 0 Å². The Bertz CT molecular complexity index is 1080. The molecule has 150 valence electrons. The number of rotatable bonds is 2. The number of carbonyl (C=O) groups is 2. The lowest BCUT2D eigenvalue weighted by Gasteiger charge is -2.22. The summed E-state index contributed by atoms with van der Waals surface area (Å²) in [6.45, 7) is 0.435. The quantitative estimate of drug-likeness (QED) is 0.655. The van der Waals surface area contributed by atoms with Gasteiger partial charge in [-0.1, -0.05) is 27.5 Å². The van der Waals surface area contributed by atoms with Crippen LogP contribution in [0.25, 0.3) is 0 Å². The molecular weight excluding hydrogens is 468 g/mol. The molecule has 3 atom stereocenters. The molecule has 29 heavy (non-hydrogen) atoms. The molecule has 2 aromatic rings. The monoisotopic (exact) mass is 481 g/mol. The largest absolute Gasteiger partial charge is 0.341 e. The third-order valence-corrected chi connectivity index (χ3v) is 6.61. The van der Waals surface area contributed by atoms with Crippen LogP contribution in [0.1, 0.15) is 33.9 Å². The second-order valence-corrected chi connectivity index (χ2v) is 9.06. The Morgan fingerprint density at radius 3 is 2.86 bits per heavy atom. The van der Waals surface area contributed by atoms with Crippen LogP contribution in [0.2, 0.25) is 5.02 Å². The van der Waals surface area contributed by atoms with E-state index < -0.39 is 23.6 Å². The number of halogens is 4. The number of piperidine rings is 1. The summed E-state index contributed by atoms with van der Waals surface area (Å²) in [4.78, 5) is 26.7. The van der Waals surface area contributed by atoms with Gasteiger partial charge in [0.25, 0.3) is 5.91 Å². The molecule has 1 saturated carbocycles. The van der Waals surface area contributed by atoms with Gasteiger partial charge in [-0.15, -0.1) is 0 Å². The Labute approximate surface area is 178 Å². The zero-order chi connectivity index (χ0) is 20.5. The Kier molecular flexibility index (Phi) is 4.15. The Hall–Kier alpha value is -2.19. The highest BCUT2D eigenvalue weighted by molar-refractivity contribution is 9.10. The number of urea groups is 1. The van der Waals surface area contributed by atoms with Crippen molar-refractivity contribution in [3.05, 3.63) is 62.3 Å². The first-order valence-electron chi connectivity index (χ1n) is 9.09. The van der Waals surface area contributed by atoms with E-state index in [0.717, 1.165) is 0 Å². The number of nitrogens with zero attached hydrogens (tertiary/aromatic N) is 1. The van der Waals surface area contributed by atoms with E-state index in [1.807, 2.05) is 0 Å². The van der Waals surface area contributed by atoms with Gasteiger partial charge >= 0.3 is 6.03 Å². The first-order chi connectivity index (χ1) is 13.7. The molecule has 0 bridgehead atoms. The summed E-state index contributed by atoms with van der Waals surface area (Å²) in [6, 6.07) is 6.07. The van der Waals surface area contributed by atoms with Crippen LogP contribution in [0.15, 0.2) is 34.8 Å². The van der Waals surface area contributed by atoms with E-state index in [1.165, 1.54) is 23.1 Å². The maximum atomic E-state index is 14.2. The molecule has 1 saturated heterocycles. The van der Waals surface area contributed by atoms with E-state index in [1.54, 1.807) is 12.1 Å². The number of amides is 3. The number of hydrogen-bond acceptors (Lipinski definition) is 2. The van der Waals surface area contributed by atoms with Gasteiger partial charge in [-0.05, 0) is 36.8 Å². The van der Waals surface area contributed by atoms with Gasteiger partial charge < -0.3 is 15.5 Å². The minimum atomic E-state index is -1.26. The van der Waals surface area contributed by atoms with Crippen LogP contribution in [0.5, 0.6) is 0 Å². The van der Waals surface area contributed by atoms with Crippen LogP contribution >= 0.6 is 27.5 Å². The molecule has 0 radical (unpaired) electrons. The fourth-order valence-corrected chi connectivity index (χ4v) is 4.92. The fourth-order valence-electron chi connectivity index (χ4n) is 4.24. The second kappa shape index (κ2) is 6.40. The van der Waals surface area contributed by atoms with Gasteiger partial charge in [-0.25, -0.2) is 13.6 Å². The van der Waals surface area contributed by atoms with Crippen molar-refractivity contribution in [1.29, 1.82) is 0 Å². The normalized spacial score (nSPS) is 26.8. The predicted octanol–water partition coefficient (Wildman–Crippen LogP) is 4.65. The molecule has 2 fully saturated rings. The van der Waals surface area contributed by atoms with Crippen molar-refractivity contribution >= 4 is 45.2 Å². The number of benzene rings is 2. The van der Waals surface area contributed by atoms with Gasteiger partial charge in [0, 0.05) is 44.3 Å². The van der Waals surface area contributed by atoms with Gasteiger partial charge in [0.1, 0.15) is 11.5 Å². The van der Waals surface area contributed by atoms with E-state index in [2.05, 4.69) is 26.6 Å². The summed E-state index contributed by atoms with van der Waals surface area (Å²) in [6.07, 6.45) is 0.502. The van der Waals surface area contributed by atoms with E-state index in [9.17, 15) is 18.4 Å². The second-order valence-electron chi connectivity index (χ2n) is 7.73. The van der Waals surface area contributed by atoms with Crippen LogP contribution in [0.3, 0.4) is 0 Å². The topological polar surface area (TPSA) is 61.4 Å². The Balaban J connectivity index is 1.52. The maximum Gasteiger partial charge on any atom is 0.321 e. The number of hydrogen-bond donors (Lipinski definition) is 2. The van der Waals surface area contributed by atoms with Gasteiger partial charge in [-0.2, -0.15) is 0 Å². The summed E-state index contributed by atoms with van der Waals surface area (Å²) in [5, 5.41) is 5.89. The molecule has 2 N–H and O–H groups in total. The van der Waals surface area contributed by atoms with Crippen molar-refractivity contribution in [3.8, 4) is 0 Å². The molecule has 9 heteroatoms. The maximum absolute atomic E-state index is 14.2. The summed E-state index contributed by atoms with van der Waals surface area (Å²) in [5.74, 6) is -0.935. The minimum absolute atomic E-state index is 0.0655. The lowest BCUT2D eigenvalue weighted by molar-refractivity contribution is 0.0960. The van der Waals surface area contributed by atoms with Crippen molar-refractivity contribution in [2.24, 2.45) is 5.92 Å². The summed E-state index contributed by atoms with van der Waals surface area (Å²) in [5.41, 5.74) is 0.369. The third-order valence-electron chi connectivity index (χ3n) is 5.80. The molecule has 3 unspecified atom stereocenters. The molecule has 0 spiro atoms. The SMILES string of the molecule is O=C1NC(c2cc(F)ccc2Cl)c2c(NC(=O)N3CC4CC4(F)C3)cc(Br)cc21. The zero-order valence-electron chi connectivity index (χ0n) is 14.9. The van der Waals surface area contributed by atoms with Crippen molar-refractivity contribution in [2.75, 3.05) is 18.4 Å². The third kappa shape index (κ3) is 3.09. The standard InChI is InChI=1S/C20H15BrClF2N3O2/c21-10-3-13-16(17(26-18(13)28)12-5-11(23)1-2-14(12)22)15(4-10)25-19(29)27-7-9-6-20(9,24)8-27/h1-5,9,17H,6-8H2,(H,25,29)(H,26,28). The van der Waals surface area contributed by atoms with Crippen molar-refractivity contribution in [3.63, 3.8) is 0 Å². The van der Waals surface area contributed by atoms with E-state index in [0.29, 0.717) is 44.8 Å². The average Bonchev–Trinajstić information content (AvgIpc) is 2.99. The van der Waals surface area contributed by atoms with Gasteiger partial charge in [0.05, 0.1) is 12.6 Å². The number of fused-ring (bicyclic) bond motifs is 2. The number of carbonyl (C=O) groups excluding carboxylic acids is 2. The molecule has 2 aliphatic heterocycles. The van der Waals surface area contributed by atoms with Gasteiger partial charge in [0.2, 0.25) is 0 Å². The summed E-state index contributed by atoms with van der Waals surface area (Å²) in [7, 11) is 0. The highest BCUT2D eigenvalue weighted by Crippen LogP contribution is 2.52. The molecular formula is C20H15BrClF2N3O2. The summed E-state index contributed by atoms with van der Waals surface area (Å²) < 4.78 is 28.6. The van der Waals surface area contributed by atoms with Crippen molar-refractivity contribution in [1.82, 2.24) is 10.2 Å². The zero-order valence-corrected chi connectivity index (χ0v) is 17.3. The number of alkyl halides is 1. The fraction of sp³-hybridized carbons (Fsp3) is 0.300. The van der Waals surface area contributed by atoms with E-state index >= 15 is 0 Å². The highest BCUT2D eigenvalue weighted by atomic mass is 79.9. The highest BCUT2D eigenvalue weighted by Gasteiger charge is 2.62. The lowest BCUT2D eigenvalue weighted by atomic mass is 9.96. The van der Waals surface area contributed by atoms with E-state index in [4.69, 9.17) is 11.6 Å². The lowest BCUT2D eigenvalue weighted by Crippen LogP contribution is -2.36. The molecule has 0 aromatic heterocycles. The van der Waals surface area contributed by atoms with Crippen LogP contribution in [0, 0.1) is 11.7 Å². The molecule has 5 rings (SSSR count).